The van der Waals surface area contributed by atoms with E-state index in [4.69, 9.17) is 18.9 Å². The Morgan fingerprint density at radius 1 is 0.500 bits per heavy atom. The first kappa shape index (κ1) is 52.3. The first-order valence-electron chi connectivity index (χ1n) is 22.7. The summed E-state index contributed by atoms with van der Waals surface area (Å²) in [4.78, 5) is 27.1. The highest BCUT2D eigenvalue weighted by molar-refractivity contribution is 5.69. The Morgan fingerprint density at radius 2 is 0.944 bits per heavy atom. The number of unbranched alkanes of at least 4 members (excludes halogenated alkanes) is 17. The van der Waals surface area contributed by atoms with Gasteiger partial charge in [0.25, 0.3) is 0 Å². The molecule has 318 valence electrons. The molecule has 0 aromatic carbocycles. The van der Waals surface area contributed by atoms with Crippen LogP contribution in [0.25, 0.3) is 0 Å². The van der Waals surface area contributed by atoms with Crippen LogP contribution in [0.5, 0.6) is 0 Å². The third kappa shape index (κ3) is 39.9. The van der Waals surface area contributed by atoms with Crippen LogP contribution in [0.1, 0.15) is 201 Å². The van der Waals surface area contributed by atoms with E-state index in [1.165, 1.54) is 38.5 Å². The van der Waals surface area contributed by atoms with Crippen LogP contribution < -0.4 is 0 Å². The zero-order valence-electron chi connectivity index (χ0n) is 35.7. The molecule has 54 heavy (non-hydrogen) atoms. The van der Waals surface area contributed by atoms with E-state index < -0.39 is 0 Å². The second-order valence-corrected chi connectivity index (χ2v) is 14.9. The van der Waals surface area contributed by atoms with E-state index in [1.807, 2.05) is 0 Å². The van der Waals surface area contributed by atoms with Gasteiger partial charge in [0.2, 0.25) is 0 Å². The number of hydrogen-bond acceptors (Lipinski definition) is 8. The van der Waals surface area contributed by atoms with E-state index >= 15 is 0 Å². The summed E-state index contributed by atoms with van der Waals surface area (Å²) in [5, 5.41) is 9.26. The lowest BCUT2D eigenvalue weighted by Crippen LogP contribution is -2.27. The van der Waals surface area contributed by atoms with Gasteiger partial charge in [-0.1, -0.05) is 103 Å². The highest BCUT2D eigenvalue weighted by Gasteiger charge is 2.14. The van der Waals surface area contributed by atoms with Crippen molar-refractivity contribution in [1.29, 1.82) is 0 Å². The highest BCUT2D eigenvalue weighted by Crippen LogP contribution is 2.13. The van der Waals surface area contributed by atoms with E-state index in [1.54, 1.807) is 0 Å². The molecular formula is C46H87NO7. The zero-order chi connectivity index (χ0) is 39.4. The second kappa shape index (κ2) is 44.0. The molecule has 0 saturated carbocycles. The Kier molecular flexibility index (Phi) is 42.6. The molecule has 0 fully saturated rings. The molecule has 8 nitrogen and oxygen atoms in total. The molecule has 8 heteroatoms. The average Bonchev–Trinajstić information content (AvgIpc) is 3.17. The van der Waals surface area contributed by atoms with Gasteiger partial charge in [0.15, 0.2) is 6.29 Å². The van der Waals surface area contributed by atoms with Crippen LogP contribution in [-0.2, 0) is 28.5 Å². The standard InChI is InChI=1S/C46H87NO7/c1-4-7-10-13-16-22-29-40-51-44(49)33-24-18-17-19-25-36-47(38-27-28-39-48)37-26-23-32-41-52-45(50)34-35-46(53-42-30-20-14-11-8-5-2)54-43-31-21-15-12-9-6-3/h8-9,11-12,46,48H,4-7,10,13-43H2,1-3H3/b11-8-,12-9-. The van der Waals surface area contributed by atoms with Gasteiger partial charge < -0.3 is 29.0 Å². The Morgan fingerprint density at radius 3 is 1.48 bits per heavy atom. The molecule has 0 saturated heterocycles. The molecular weight excluding hydrogens is 679 g/mol. The number of carbonyl (C=O) groups is 2. The number of carbonyl (C=O) groups excluding carboxylic acids is 2. The maximum absolute atomic E-state index is 12.5. The number of rotatable bonds is 43. The maximum atomic E-state index is 12.5. The minimum Gasteiger partial charge on any atom is -0.466 e. The highest BCUT2D eigenvalue weighted by atomic mass is 16.7. The number of allylic oxidation sites excluding steroid dienone is 4. The summed E-state index contributed by atoms with van der Waals surface area (Å²) in [6, 6.07) is 0. The Labute approximate surface area is 333 Å². The first-order valence-corrected chi connectivity index (χ1v) is 22.7. The summed E-state index contributed by atoms with van der Waals surface area (Å²) in [5.41, 5.74) is 0. The van der Waals surface area contributed by atoms with Crippen molar-refractivity contribution in [1.82, 2.24) is 4.90 Å². The summed E-state index contributed by atoms with van der Waals surface area (Å²) in [6.07, 6.45) is 37.2. The molecule has 0 aliphatic carbocycles. The van der Waals surface area contributed by atoms with Gasteiger partial charge in [0, 0.05) is 32.7 Å². The van der Waals surface area contributed by atoms with Crippen LogP contribution in [0.3, 0.4) is 0 Å². The molecule has 0 aromatic heterocycles. The molecule has 0 aliphatic rings. The number of esters is 2. The smallest absolute Gasteiger partial charge is 0.305 e. The normalized spacial score (nSPS) is 11.9. The van der Waals surface area contributed by atoms with Crippen LogP contribution in [0.4, 0.5) is 0 Å². The van der Waals surface area contributed by atoms with Gasteiger partial charge in [-0.05, 0) is 122 Å². The van der Waals surface area contributed by atoms with Crippen LogP contribution in [-0.4, -0.2) is 80.9 Å². The molecule has 0 amide bonds. The van der Waals surface area contributed by atoms with Crippen molar-refractivity contribution in [3.05, 3.63) is 24.3 Å². The first-order chi connectivity index (χ1) is 26.6. The van der Waals surface area contributed by atoms with E-state index in [0.29, 0.717) is 45.7 Å². The molecule has 0 unspecified atom stereocenters. The van der Waals surface area contributed by atoms with Crippen molar-refractivity contribution in [3.63, 3.8) is 0 Å². The summed E-state index contributed by atoms with van der Waals surface area (Å²) in [5.74, 6) is -0.212. The average molecular weight is 766 g/mol. The lowest BCUT2D eigenvalue weighted by atomic mass is 10.1. The molecule has 0 radical (unpaired) electrons. The van der Waals surface area contributed by atoms with Gasteiger partial charge in [-0.3, -0.25) is 9.59 Å². The number of aliphatic hydroxyl groups excluding tert-OH is 1. The number of hydrogen-bond donors (Lipinski definition) is 1. The molecule has 0 atom stereocenters. The lowest BCUT2D eigenvalue weighted by Gasteiger charge is -2.22. The fraction of sp³-hybridized carbons (Fsp3) is 0.870. The third-order valence-electron chi connectivity index (χ3n) is 9.66. The summed E-state index contributed by atoms with van der Waals surface area (Å²) >= 11 is 0. The number of ether oxygens (including phenoxy) is 4. The third-order valence-corrected chi connectivity index (χ3v) is 9.66. The molecule has 0 aromatic rings. The van der Waals surface area contributed by atoms with Crippen LogP contribution in [0, 0.1) is 0 Å². The van der Waals surface area contributed by atoms with Crippen molar-refractivity contribution < 1.29 is 33.6 Å². The Balaban J connectivity index is 4.17. The van der Waals surface area contributed by atoms with Crippen LogP contribution >= 0.6 is 0 Å². The van der Waals surface area contributed by atoms with E-state index in [2.05, 4.69) is 50.0 Å². The minimum atomic E-state index is -0.361. The number of nitrogens with zero attached hydrogens (tertiary/aromatic N) is 1. The molecule has 0 rings (SSSR count). The predicted molar refractivity (Wildman–Crippen MR) is 226 cm³/mol. The van der Waals surface area contributed by atoms with Crippen LogP contribution in [0.2, 0.25) is 0 Å². The van der Waals surface area contributed by atoms with Gasteiger partial charge in [-0.2, -0.15) is 0 Å². The van der Waals surface area contributed by atoms with Gasteiger partial charge in [0.05, 0.1) is 19.6 Å². The maximum Gasteiger partial charge on any atom is 0.305 e. The topological polar surface area (TPSA) is 94.5 Å². The second-order valence-electron chi connectivity index (χ2n) is 14.9. The minimum absolute atomic E-state index is 0.0384. The van der Waals surface area contributed by atoms with E-state index in [9.17, 15) is 14.7 Å². The molecule has 1 N–H and O–H groups in total. The van der Waals surface area contributed by atoms with Crippen LogP contribution in [0.15, 0.2) is 24.3 Å². The predicted octanol–water partition coefficient (Wildman–Crippen LogP) is 11.8. The van der Waals surface area contributed by atoms with Gasteiger partial charge in [-0.25, -0.2) is 0 Å². The Bertz CT molecular complexity index is 825. The fourth-order valence-corrected chi connectivity index (χ4v) is 6.29. The van der Waals surface area contributed by atoms with Crippen molar-refractivity contribution in [3.8, 4) is 0 Å². The SMILES string of the molecule is CC/C=C\CCCCOC(CCC(=O)OCCCCCN(CCCCO)CCCCCCCC(=O)OCCCCCCCCC)OCCCC/C=C\CC. The van der Waals surface area contributed by atoms with Gasteiger partial charge >= 0.3 is 11.9 Å². The monoisotopic (exact) mass is 766 g/mol. The molecule has 0 bridgehead atoms. The number of aliphatic hydroxyl groups is 1. The molecule has 0 aliphatic heterocycles. The van der Waals surface area contributed by atoms with E-state index in [0.717, 1.165) is 142 Å². The van der Waals surface area contributed by atoms with Crippen molar-refractivity contribution in [2.45, 2.75) is 207 Å². The van der Waals surface area contributed by atoms with Crippen molar-refractivity contribution >= 4 is 11.9 Å². The quantitative estimate of drug-likeness (QED) is 0.0284. The van der Waals surface area contributed by atoms with Gasteiger partial charge in [-0.15, -0.1) is 0 Å². The lowest BCUT2D eigenvalue weighted by molar-refractivity contribution is -0.159. The Hall–Kier alpha value is -1.74. The summed E-state index contributed by atoms with van der Waals surface area (Å²) in [7, 11) is 0. The van der Waals surface area contributed by atoms with Crippen molar-refractivity contribution in [2.75, 3.05) is 52.7 Å². The molecule has 0 spiro atoms. The summed E-state index contributed by atoms with van der Waals surface area (Å²) < 4.78 is 23.1. The van der Waals surface area contributed by atoms with Gasteiger partial charge in [0.1, 0.15) is 0 Å². The summed E-state index contributed by atoms with van der Waals surface area (Å²) in [6.45, 7) is 12.2. The largest absolute Gasteiger partial charge is 0.466 e. The van der Waals surface area contributed by atoms with Crippen molar-refractivity contribution in [2.24, 2.45) is 0 Å². The molecule has 0 heterocycles. The fourth-order valence-electron chi connectivity index (χ4n) is 6.29. The zero-order valence-corrected chi connectivity index (χ0v) is 35.7. The van der Waals surface area contributed by atoms with E-state index in [-0.39, 0.29) is 24.8 Å².